The van der Waals surface area contributed by atoms with Gasteiger partial charge in [0.05, 0.1) is 5.69 Å². The van der Waals surface area contributed by atoms with Crippen LogP contribution in [-0.2, 0) is 14.4 Å². The normalized spacial score (nSPS) is 18.4. The Balaban J connectivity index is 2.13. The molecule has 1 aromatic rings. The number of thioether (sulfide) groups is 1. The summed E-state index contributed by atoms with van der Waals surface area (Å²) >= 11 is 7.01. The first kappa shape index (κ1) is 19.0. The van der Waals surface area contributed by atoms with Crippen molar-refractivity contribution in [1.82, 2.24) is 10.2 Å². The Hall–Kier alpha value is -2.32. The van der Waals surface area contributed by atoms with Crippen LogP contribution in [-0.4, -0.2) is 51.3 Å². The van der Waals surface area contributed by atoms with Crippen LogP contribution in [0.1, 0.15) is 6.42 Å². The van der Waals surface area contributed by atoms with Crippen LogP contribution in [0.25, 0.3) is 0 Å². The second kappa shape index (κ2) is 8.68. The predicted octanol–water partition coefficient (Wildman–Crippen LogP) is 2.05. The van der Waals surface area contributed by atoms with Crippen molar-refractivity contribution in [3.05, 3.63) is 41.9 Å². The van der Waals surface area contributed by atoms with E-state index in [1.807, 2.05) is 0 Å². The van der Waals surface area contributed by atoms with Gasteiger partial charge < -0.3 is 10.4 Å². The lowest BCUT2D eigenvalue weighted by atomic mass is 10.2. The van der Waals surface area contributed by atoms with Crippen molar-refractivity contribution in [3.63, 3.8) is 0 Å². The fourth-order valence-electron chi connectivity index (χ4n) is 2.06. The van der Waals surface area contributed by atoms with Crippen LogP contribution in [0.5, 0.6) is 0 Å². The highest BCUT2D eigenvalue weighted by Crippen LogP contribution is 2.31. The number of carboxylic acids is 1. The van der Waals surface area contributed by atoms with E-state index in [9.17, 15) is 14.4 Å². The number of nitrogens with zero attached hydrogens (tertiary/aromatic N) is 2. The molecular formula is C16H16ClN3O4S. The average Bonchev–Trinajstić information content (AvgIpc) is 2.84. The van der Waals surface area contributed by atoms with Gasteiger partial charge in [0.15, 0.2) is 5.17 Å². The number of benzene rings is 1. The summed E-state index contributed by atoms with van der Waals surface area (Å²) in [6.07, 6.45) is 1.45. The molecular weight excluding hydrogens is 366 g/mol. The van der Waals surface area contributed by atoms with E-state index < -0.39 is 23.7 Å². The van der Waals surface area contributed by atoms with Crippen LogP contribution in [0.4, 0.5) is 5.69 Å². The number of carbonyl (C=O) groups is 3. The minimum Gasteiger partial charge on any atom is -0.480 e. The largest absolute Gasteiger partial charge is 0.480 e. The van der Waals surface area contributed by atoms with Gasteiger partial charge in [0.25, 0.3) is 0 Å². The Bertz CT molecular complexity index is 721. The molecule has 1 heterocycles. The van der Waals surface area contributed by atoms with Gasteiger partial charge in [0.2, 0.25) is 11.8 Å². The molecule has 1 aromatic carbocycles. The molecule has 7 nitrogen and oxygen atoms in total. The zero-order valence-electron chi connectivity index (χ0n) is 13.1. The molecule has 0 saturated carbocycles. The molecule has 25 heavy (non-hydrogen) atoms. The molecule has 1 saturated heterocycles. The van der Waals surface area contributed by atoms with Crippen LogP contribution in [0.2, 0.25) is 5.02 Å². The van der Waals surface area contributed by atoms with Gasteiger partial charge >= 0.3 is 5.97 Å². The molecule has 0 bridgehead atoms. The first-order valence-corrected chi connectivity index (χ1v) is 8.58. The molecule has 132 valence electrons. The van der Waals surface area contributed by atoms with E-state index in [-0.39, 0.29) is 18.9 Å². The number of rotatable bonds is 7. The molecule has 9 heteroatoms. The van der Waals surface area contributed by atoms with E-state index in [2.05, 4.69) is 16.9 Å². The standard InChI is InChI=1S/C16H16ClN3O4S/c1-2-7-20-15(24)12(8-13(21)18-9-14(22)23)25-16(20)19-11-5-3-10(17)4-6-11/h2-6,12H,1,7-9H2,(H,18,21)(H,22,23). The third-order valence-corrected chi connectivity index (χ3v) is 4.62. The molecule has 2 rings (SSSR count). The van der Waals surface area contributed by atoms with Gasteiger partial charge in [-0.25, -0.2) is 4.99 Å². The monoisotopic (exact) mass is 381 g/mol. The van der Waals surface area contributed by atoms with E-state index in [1.54, 1.807) is 30.3 Å². The van der Waals surface area contributed by atoms with Gasteiger partial charge in [-0.05, 0) is 24.3 Å². The highest BCUT2D eigenvalue weighted by Gasteiger charge is 2.38. The maximum atomic E-state index is 12.5. The zero-order valence-corrected chi connectivity index (χ0v) is 14.7. The van der Waals surface area contributed by atoms with Crippen molar-refractivity contribution in [3.8, 4) is 0 Å². The highest BCUT2D eigenvalue weighted by molar-refractivity contribution is 8.15. The molecule has 1 aliphatic heterocycles. The topological polar surface area (TPSA) is 99.1 Å². The summed E-state index contributed by atoms with van der Waals surface area (Å²) in [5, 5.41) is 11.2. The number of hydrogen-bond acceptors (Lipinski definition) is 5. The van der Waals surface area contributed by atoms with Crippen LogP contribution in [0, 0.1) is 0 Å². The number of hydrogen-bond donors (Lipinski definition) is 2. The van der Waals surface area contributed by atoms with Crippen molar-refractivity contribution in [2.45, 2.75) is 11.7 Å². The Kier molecular flexibility index (Phi) is 6.60. The second-order valence-electron chi connectivity index (χ2n) is 5.09. The fourth-order valence-corrected chi connectivity index (χ4v) is 3.36. The van der Waals surface area contributed by atoms with Crippen LogP contribution in [0.3, 0.4) is 0 Å². The molecule has 0 aliphatic carbocycles. The Labute approximate surface area is 153 Å². The summed E-state index contributed by atoms with van der Waals surface area (Å²) in [7, 11) is 0. The van der Waals surface area contributed by atoms with Crippen molar-refractivity contribution in [2.75, 3.05) is 13.1 Å². The molecule has 2 N–H and O–H groups in total. The minimum atomic E-state index is -1.14. The smallest absolute Gasteiger partial charge is 0.322 e. The SMILES string of the molecule is C=CCN1C(=O)C(CC(=O)NCC(=O)O)SC1=Nc1ccc(Cl)cc1. The van der Waals surface area contributed by atoms with Gasteiger partial charge in [0.1, 0.15) is 11.8 Å². The predicted molar refractivity (Wildman–Crippen MR) is 97.1 cm³/mol. The number of halogens is 1. The minimum absolute atomic E-state index is 0.121. The lowest BCUT2D eigenvalue weighted by molar-refractivity contribution is -0.138. The number of nitrogens with one attached hydrogen (secondary N) is 1. The fraction of sp³-hybridized carbons (Fsp3) is 0.250. The van der Waals surface area contributed by atoms with Crippen molar-refractivity contribution >= 4 is 52.0 Å². The van der Waals surface area contributed by atoms with Gasteiger partial charge in [-0.3, -0.25) is 19.3 Å². The number of aliphatic carboxylic acids is 1. The van der Waals surface area contributed by atoms with Crippen molar-refractivity contribution < 1.29 is 19.5 Å². The molecule has 0 radical (unpaired) electrons. The lowest BCUT2D eigenvalue weighted by Crippen LogP contribution is -2.36. The zero-order chi connectivity index (χ0) is 18.4. The Morgan fingerprint density at radius 1 is 1.40 bits per heavy atom. The molecule has 1 fully saturated rings. The van der Waals surface area contributed by atoms with Gasteiger partial charge in [-0.15, -0.1) is 6.58 Å². The van der Waals surface area contributed by atoms with Crippen LogP contribution < -0.4 is 5.32 Å². The summed E-state index contributed by atoms with van der Waals surface area (Å²) in [5.74, 6) is -1.90. The number of amidine groups is 1. The van der Waals surface area contributed by atoms with Crippen LogP contribution >= 0.6 is 23.4 Å². The Morgan fingerprint density at radius 2 is 2.08 bits per heavy atom. The van der Waals surface area contributed by atoms with E-state index in [4.69, 9.17) is 16.7 Å². The van der Waals surface area contributed by atoms with Crippen molar-refractivity contribution in [2.24, 2.45) is 4.99 Å². The van der Waals surface area contributed by atoms with E-state index in [0.717, 1.165) is 0 Å². The maximum Gasteiger partial charge on any atom is 0.322 e. The van der Waals surface area contributed by atoms with E-state index >= 15 is 0 Å². The lowest BCUT2D eigenvalue weighted by Gasteiger charge is -2.13. The average molecular weight is 382 g/mol. The molecule has 1 aliphatic rings. The first-order valence-electron chi connectivity index (χ1n) is 7.32. The van der Waals surface area contributed by atoms with Gasteiger partial charge in [0, 0.05) is 18.0 Å². The first-order chi connectivity index (χ1) is 11.9. The van der Waals surface area contributed by atoms with E-state index in [1.165, 1.54) is 16.7 Å². The highest BCUT2D eigenvalue weighted by atomic mass is 35.5. The van der Waals surface area contributed by atoms with Gasteiger partial charge in [-0.2, -0.15) is 0 Å². The number of aliphatic imine (C=N–C) groups is 1. The molecule has 1 unspecified atom stereocenters. The third-order valence-electron chi connectivity index (χ3n) is 3.19. The molecule has 2 amide bonds. The summed E-state index contributed by atoms with van der Waals surface area (Å²) in [4.78, 5) is 40.6. The quantitative estimate of drug-likeness (QED) is 0.704. The molecule has 1 atom stereocenters. The van der Waals surface area contributed by atoms with Crippen LogP contribution in [0.15, 0.2) is 41.9 Å². The number of carboxylic acid groups (broad SMARTS) is 1. The molecule has 0 spiro atoms. The van der Waals surface area contributed by atoms with Gasteiger partial charge in [-0.1, -0.05) is 29.4 Å². The Morgan fingerprint density at radius 3 is 2.68 bits per heavy atom. The second-order valence-corrected chi connectivity index (χ2v) is 6.70. The number of carbonyl (C=O) groups excluding carboxylic acids is 2. The summed E-state index contributed by atoms with van der Waals surface area (Å²) < 4.78 is 0. The number of amides is 2. The third kappa shape index (κ3) is 5.33. The van der Waals surface area contributed by atoms with Crippen molar-refractivity contribution in [1.29, 1.82) is 0 Å². The summed E-state index contributed by atoms with van der Waals surface area (Å²) in [6, 6.07) is 6.83. The maximum absolute atomic E-state index is 12.5. The summed E-state index contributed by atoms with van der Waals surface area (Å²) in [6.45, 7) is 3.42. The van der Waals surface area contributed by atoms with E-state index in [0.29, 0.717) is 15.9 Å². The molecule has 0 aromatic heterocycles. The summed E-state index contributed by atoms with van der Waals surface area (Å²) in [5.41, 5.74) is 0.629.